The molecule has 0 amide bonds. The summed E-state index contributed by atoms with van der Waals surface area (Å²) in [5.41, 5.74) is 1.53. The van der Waals surface area contributed by atoms with Gasteiger partial charge in [-0.1, -0.05) is 12.1 Å². The molecule has 0 bridgehead atoms. The van der Waals surface area contributed by atoms with E-state index < -0.39 is 0 Å². The Kier molecular flexibility index (Phi) is 2.81. The molecule has 1 aliphatic heterocycles. The minimum Gasteiger partial charge on any atom is -0.364 e. The maximum absolute atomic E-state index is 11.3. The highest BCUT2D eigenvalue weighted by molar-refractivity contribution is 5.89. The van der Waals surface area contributed by atoms with Crippen molar-refractivity contribution in [1.29, 1.82) is 0 Å². The summed E-state index contributed by atoms with van der Waals surface area (Å²) in [5.74, 6) is 0.252. The van der Waals surface area contributed by atoms with Crippen LogP contribution in [0.4, 0.5) is 5.69 Å². The van der Waals surface area contributed by atoms with E-state index in [0.29, 0.717) is 18.5 Å². The summed E-state index contributed by atoms with van der Waals surface area (Å²) in [6, 6.07) is 7.39. The molecule has 0 aliphatic carbocycles. The lowest BCUT2D eigenvalue weighted by molar-refractivity contribution is -0.118. The number of benzene rings is 1. The number of hydrogen-bond donors (Lipinski definition) is 0. The lowest BCUT2D eigenvalue weighted by Crippen LogP contribution is -2.36. The molecule has 2 rings (SSSR count). The first-order chi connectivity index (χ1) is 7.31. The van der Waals surface area contributed by atoms with Crippen molar-refractivity contribution in [3.63, 3.8) is 0 Å². The fraction of sp³-hybridized carbons (Fsp3) is 0.333. The molecule has 0 aromatic heterocycles. The highest BCUT2D eigenvalue weighted by Gasteiger charge is 2.18. The van der Waals surface area contributed by atoms with Crippen LogP contribution in [0.3, 0.4) is 0 Å². The van der Waals surface area contributed by atoms with Gasteiger partial charge in [0.15, 0.2) is 12.1 Å². The average Bonchev–Trinajstić information content (AvgIpc) is 2.29. The van der Waals surface area contributed by atoms with Gasteiger partial charge in [-0.05, 0) is 18.6 Å². The van der Waals surface area contributed by atoms with E-state index in [2.05, 4.69) is 0 Å². The minimum absolute atomic E-state index is 0.252. The molecule has 1 aromatic rings. The molecule has 1 heterocycles. The van der Waals surface area contributed by atoms with Crippen LogP contribution < -0.4 is 4.90 Å². The zero-order valence-electron chi connectivity index (χ0n) is 8.48. The van der Waals surface area contributed by atoms with Gasteiger partial charge in [0.25, 0.3) is 0 Å². The van der Waals surface area contributed by atoms with E-state index in [1.165, 1.54) is 0 Å². The van der Waals surface area contributed by atoms with Gasteiger partial charge in [0, 0.05) is 24.2 Å². The topological polar surface area (TPSA) is 37.4 Å². The third-order valence-electron chi connectivity index (χ3n) is 2.66. The molecule has 0 saturated carbocycles. The quantitative estimate of drug-likeness (QED) is 0.686. The van der Waals surface area contributed by atoms with Gasteiger partial charge in [0.05, 0.1) is 6.54 Å². The maximum atomic E-state index is 11.3. The Hall–Kier alpha value is -1.64. The van der Waals surface area contributed by atoms with E-state index in [9.17, 15) is 9.59 Å². The van der Waals surface area contributed by atoms with Gasteiger partial charge in [-0.15, -0.1) is 0 Å². The van der Waals surface area contributed by atoms with Gasteiger partial charge in [0.2, 0.25) is 0 Å². The summed E-state index contributed by atoms with van der Waals surface area (Å²) < 4.78 is 0. The summed E-state index contributed by atoms with van der Waals surface area (Å²) in [5, 5.41) is 0. The third-order valence-corrected chi connectivity index (χ3v) is 2.66. The van der Waals surface area contributed by atoms with Gasteiger partial charge in [-0.2, -0.15) is 0 Å². The fourth-order valence-electron chi connectivity index (χ4n) is 1.92. The molecule has 0 spiro atoms. The van der Waals surface area contributed by atoms with Gasteiger partial charge in [0.1, 0.15) is 0 Å². The van der Waals surface area contributed by atoms with Crippen LogP contribution in [-0.2, 0) is 4.79 Å². The molecule has 0 unspecified atom stereocenters. The van der Waals surface area contributed by atoms with Gasteiger partial charge in [-0.25, -0.2) is 0 Å². The number of nitrogens with zero attached hydrogens (tertiary/aromatic N) is 1. The Morgan fingerprint density at radius 2 is 2.07 bits per heavy atom. The second-order valence-corrected chi connectivity index (χ2v) is 3.74. The van der Waals surface area contributed by atoms with Crippen molar-refractivity contribution in [2.75, 3.05) is 18.0 Å². The smallest absolute Gasteiger partial charge is 0.152 e. The van der Waals surface area contributed by atoms with Crippen LogP contribution in [0.2, 0.25) is 0 Å². The molecule has 1 aromatic carbocycles. The highest BCUT2D eigenvalue weighted by Crippen LogP contribution is 2.21. The van der Waals surface area contributed by atoms with Crippen LogP contribution in [-0.4, -0.2) is 25.2 Å². The Morgan fingerprint density at radius 1 is 1.27 bits per heavy atom. The molecule has 3 heteroatoms. The zero-order valence-corrected chi connectivity index (χ0v) is 8.48. The average molecular weight is 203 g/mol. The molecule has 0 N–H and O–H groups in total. The van der Waals surface area contributed by atoms with Crippen molar-refractivity contribution in [2.24, 2.45) is 0 Å². The largest absolute Gasteiger partial charge is 0.364 e. The first kappa shape index (κ1) is 9.90. The summed E-state index contributed by atoms with van der Waals surface area (Å²) in [6.45, 7) is 1.29. The second kappa shape index (κ2) is 4.26. The normalized spacial score (nSPS) is 16.5. The molecule has 1 saturated heterocycles. The Labute approximate surface area is 88.7 Å². The van der Waals surface area contributed by atoms with Crippen molar-refractivity contribution in [3.05, 3.63) is 29.8 Å². The van der Waals surface area contributed by atoms with E-state index in [-0.39, 0.29) is 5.78 Å². The van der Waals surface area contributed by atoms with Crippen LogP contribution in [0.25, 0.3) is 0 Å². The standard InChI is InChI=1S/C12H13NO2/c14-9-10-4-1-2-6-12(10)13-7-3-5-11(15)8-13/h1-2,4,6,9H,3,5,7-8H2. The van der Waals surface area contributed by atoms with Crippen LogP contribution in [0.5, 0.6) is 0 Å². The number of aldehydes is 1. The Balaban J connectivity index is 2.27. The predicted molar refractivity (Wildman–Crippen MR) is 58.3 cm³/mol. The summed E-state index contributed by atoms with van der Waals surface area (Å²) in [4.78, 5) is 24.1. The van der Waals surface area contributed by atoms with Crippen LogP contribution in [0, 0.1) is 0 Å². The van der Waals surface area contributed by atoms with Crippen LogP contribution >= 0.6 is 0 Å². The number of Topliss-reactive ketones (excluding diaryl/α,β-unsaturated/α-hetero) is 1. The van der Waals surface area contributed by atoms with E-state index in [1.54, 1.807) is 6.07 Å². The van der Waals surface area contributed by atoms with Crippen molar-refractivity contribution in [2.45, 2.75) is 12.8 Å². The monoisotopic (exact) mass is 203 g/mol. The molecule has 0 radical (unpaired) electrons. The van der Waals surface area contributed by atoms with Crippen molar-refractivity contribution >= 4 is 17.8 Å². The van der Waals surface area contributed by atoms with Gasteiger partial charge < -0.3 is 4.90 Å². The number of para-hydroxylation sites is 1. The highest BCUT2D eigenvalue weighted by atomic mass is 16.1. The molecule has 15 heavy (non-hydrogen) atoms. The van der Waals surface area contributed by atoms with Crippen LogP contribution in [0.15, 0.2) is 24.3 Å². The number of rotatable bonds is 2. The van der Waals surface area contributed by atoms with Gasteiger partial charge >= 0.3 is 0 Å². The molecular weight excluding hydrogens is 190 g/mol. The molecule has 1 aliphatic rings. The molecule has 0 atom stereocenters. The number of anilines is 1. The van der Waals surface area contributed by atoms with Gasteiger partial charge in [-0.3, -0.25) is 9.59 Å². The van der Waals surface area contributed by atoms with Crippen molar-refractivity contribution in [1.82, 2.24) is 0 Å². The molecule has 1 fully saturated rings. The van der Waals surface area contributed by atoms with Crippen molar-refractivity contribution < 1.29 is 9.59 Å². The van der Waals surface area contributed by atoms with E-state index in [1.807, 2.05) is 23.1 Å². The van der Waals surface area contributed by atoms with E-state index in [4.69, 9.17) is 0 Å². The number of carbonyl (C=O) groups excluding carboxylic acids is 2. The van der Waals surface area contributed by atoms with E-state index in [0.717, 1.165) is 24.9 Å². The Bertz CT molecular complexity index is 387. The van der Waals surface area contributed by atoms with E-state index >= 15 is 0 Å². The maximum Gasteiger partial charge on any atom is 0.152 e. The molecule has 78 valence electrons. The summed E-state index contributed by atoms with van der Waals surface area (Å²) >= 11 is 0. The fourth-order valence-corrected chi connectivity index (χ4v) is 1.92. The number of piperidine rings is 1. The predicted octanol–water partition coefficient (Wildman–Crippen LogP) is 1.67. The second-order valence-electron chi connectivity index (χ2n) is 3.74. The number of ketones is 1. The van der Waals surface area contributed by atoms with Crippen molar-refractivity contribution in [3.8, 4) is 0 Å². The first-order valence-corrected chi connectivity index (χ1v) is 5.12. The minimum atomic E-state index is 0.252. The SMILES string of the molecule is O=Cc1ccccc1N1CCCC(=O)C1. The third kappa shape index (κ3) is 2.06. The Morgan fingerprint density at radius 3 is 2.80 bits per heavy atom. The molecular formula is C12H13NO2. The summed E-state index contributed by atoms with van der Waals surface area (Å²) in [6.07, 6.45) is 2.39. The lowest BCUT2D eigenvalue weighted by atomic mass is 10.1. The number of carbonyl (C=O) groups is 2. The zero-order chi connectivity index (χ0) is 10.7. The lowest BCUT2D eigenvalue weighted by Gasteiger charge is -2.28. The molecule has 3 nitrogen and oxygen atoms in total. The number of hydrogen-bond acceptors (Lipinski definition) is 3. The van der Waals surface area contributed by atoms with Crippen LogP contribution in [0.1, 0.15) is 23.2 Å². The first-order valence-electron chi connectivity index (χ1n) is 5.12. The summed E-state index contributed by atoms with van der Waals surface area (Å²) in [7, 11) is 0.